The van der Waals surface area contributed by atoms with Gasteiger partial charge in [-0.25, -0.2) is 0 Å². The molecule has 1 fully saturated rings. The lowest BCUT2D eigenvalue weighted by atomic mass is 9.97. The molecule has 1 aromatic carbocycles. The van der Waals surface area contributed by atoms with E-state index in [2.05, 4.69) is 15.1 Å². The quantitative estimate of drug-likeness (QED) is 0.692. The van der Waals surface area contributed by atoms with Gasteiger partial charge >= 0.3 is 0 Å². The maximum Gasteiger partial charge on any atom is 0.264 e. The summed E-state index contributed by atoms with van der Waals surface area (Å²) in [6.45, 7) is 1.54. The topological polar surface area (TPSA) is 81.4 Å². The molecule has 1 saturated heterocycles. The van der Waals surface area contributed by atoms with Crippen molar-refractivity contribution < 1.29 is 14.1 Å². The van der Waals surface area contributed by atoms with Gasteiger partial charge < -0.3 is 14.2 Å². The van der Waals surface area contributed by atoms with Crippen molar-refractivity contribution in [2.75, 3.05) is 13.1 Å². The second kappa shape index (κ2) is 7.99. The van der Waals surface area contributed by atoms with Crippen molar-refractivity contribution in [1.29, 1.82) is 0 Å². The first kappa shape index (κ1) is 17.2. The second-order valence-electron chi connectivity index (χ2n) is 6.47. The number of ether oxygens (including phenoxy) is 1. The van der Waals surface area contributed by atoms with Crippen LogP contribution in [0.15, 0.2) is 59.4 Å². The Morgan fingerprint density at radius 3 is 2.81 bits per heavy atom. The highest BCUT2D eigenvalue weighted by Crippen LogP contribution is 2.26. The van der Waals surface area contributed by atoms with E-state index in [0.29, 0.717) is 23.8 Å². The third kappa shape index (κ3) is 4.13. The van der Waals surface area contributed by atoms with Gasteiger partial charge in [0.1, 0.15) is 5.75 Å². The zero-order valence-electron chi connectivity index (χ0n) is 14.8. The first-order valence-corrected chi connectivity index (χ1v) is 8.99. The molecule has 2 aromatic heterocycles. The molecule has 1 aliphatic heterocycles. The van der Waals surface area contributed by atoms with Gasteiger partial charge in [0, 0.05) is 37.0 Å². The van der Waals surface area contributed by atoms with Crippen LogP contribution in [0.1, 0.15) is 40.8 Å². The predicted octanol–water partition coefficient (Wildman–Crippen LogP) is 3.06. The molecule has 0 aliphatic carbocycles. The molecule has 1 unspecified atom stereocenters. The van der Waals surface area contributed by atoms with Gasteiger partial charge in [-0.05, 0) is 37.1 Å². The highest BCUT2D eigenvalue weighted by molar-refractivity contribution is 5.94. The largest absolute Gasteiger partial charge is 0.484 e. The molecule has 0 bridgehead atoms. The summed E-state index contributed by atoms with van der Waals surface area (Å²) in [4.78, 5) is 22.9. The number of aromatic nitrogens is 3. The van der Waals surface area contributed by atoms with Gasteiger partial charge in [0.05, 0.1) is 0 Å². The van der Waals surface area contributed by atoms with Crippen LogP contribution < -0.4 is 4.74 Å². The monoisotopic (exact) mass is 364 g/mol. The zero-order chi connectivity index (χ0) is 18.5. The van der Waals surface area contributed by atoms with Crippen molar-refractivity contribution in [1.82, 2.24) is 20.0 Å². The predicted molar refractivity (Wildman–Crippen MR) is 97.2 cm³/mol. The molecule has 1 amide bonds. The lowest BCUT2D eigenvalue weighted by Gasteiger charge is -2.31. The average Bonchev–Trinajstić information content (AvgIpc) is 3.22. The van der Waals surface area contributed by atoms with E-state index in [0.717, 1.165) is 25.1 Å². The van der Waals surface area contributed by atoms with Crippen LogP contribution in [-0.4, -0.2) is 39.0 Å². The fourth-order valence-corrected chi connectivity index (χ4v) is 3.20. The lowest BCUT2D eigenvalue weighted by molar-refractivity contribution is 0.0703. The summed E-state index contributed by atoms with van der Waals surface area (Å²) in [7, 11) is 0. The molecule has 0 saturated carbocycles. The van der Waals surface area contributed by atoms with Gasteiger partial charge in [-0.15, -0.1) is 0 Å². The van der Waals surface area contributed by atoms with Crippen molar-refractivity contribution in [3.8, 4) is 5.75 Å². The van der Waals surface area contributed by atoms with Crippen LogP contribution in [0, 0.1) is 0 Å². The third-order valence-electron chi connectivity index (χ3n) is 4.59. The molecule has 0 spiro atoms. The first-order valence-electron chi connectivity index (χ1n) is 8.99. The standard InChI is InChI=1S/C20H20N4O3/c25-20(15-8-10-21-11-9-15)24-12-4-5-16(13-24)19-22-18(27-23-19)14-26-17-6-2-1-3-7-17/h1-3,6-11,16H,4-5,12-14H2. The highest BCUT2D eigenvalue weighted by atomic mass is 16.5. The Morgan fingerprint density at radius 2 is 2.00 bits per heavy atom. The lowest BCUT2D eigenvalue weighted by Crippen LogP contribution is -2.39. The minimum absolute atomic E-state index is 0.0122. The Labute approximate surface area is 157 Å². The fourth-order valence-electron chi connectivity index (χ4n) is 3.20. The second-order valence-corrected chi connectivity index (χ2v) is 6.47. The average molecular weight is 364 g/mol. The van der Waals surface area contributed by atoms with Crippen LogP contribution >= 0.6 is 0 Å². The Balaban J connectivity index is 1.38. The van der Waals surface area contributed by atoms with Gasteiger partial charge in [0.15, 0.2) is 12.4 Å². The summed E-state index contributed by atoms with van der Waals surface area (Å²) >= 11 is 0. The summed E-state index contributed by atoms with van der Waals surface area (Å²) < 4.78 is 11.0. The number of likely N-dealkylation sites (tertiary alicyclic amines) is 1. The summed E-state index contributed by atoms with van der Waals surface area (Å²) in [5, 5.41) is 4.10. The molecular formula is C20H20N4O3. The SMILES string of the molecule is O=C(c1ccncc1)N1CCCC(c2noc(COc3ccccc3)n2)C1. The Kier molecular flexibility index (Phi) is 5.09. The molecule has 27 heavy (non-hydrogen) atoms. The number of rotatable bonds is 5. The molecule has 0 N–H and O–H groups in total. The number of amides is 1. The maximum absolute atomic E-state index is 12.7. The van der Waals surface area contributed by atoms with Crippen LogP contribution in [0.3, 0.4) is 0 Å². The zero-order valence-corrected chi connectivity index (χ0v) is 14.8. The van der Waals surface area contributed by atoms with E-state index >= 15 is 0 Å². The number of benzene rings is 1. The van der Waals surface area contributed by atoms with Gasteiger partial charge in [-0.2, -0.15) is 4.98 Å². The van der Waals surface area contributed by atoms with Crippen LogP contribution in [0.4, 0.5) is 0 Å². The first-order chi connectivity index (χ1) is 13.3. The molecular weight excluding hydrogens is 344 g/mol. The van der Waals surface area contributed by atoms with Crippen molar-refractivity contribution in [2.24, 2.45) is 0 Å². The van der Waals surface area contributed by atoms with Crippen LogP contribution in [0.25, 0.3) is 0 Å². The summed E-state index contributed by atoms with van der Waals surface area (Å²) in [6, 6.07) is 13.0. The molecule has 4 rings (SSSR count). The molecule has 3 heterocycles. The minimum Gasteiger partial charge on any atom is -0.484 e. The number of hydrogen-bond donors (Lipinski definition) is 0. The number of piperidine rings is 1. The van der Waals surface area contributed by atoms with Crippen LogP contribution in [0.2, 0.25) is 0 Å². The number of para-hydroxylation sites is 1. The molecule has 0 radical (unpaired) electrons. The van der Waals surface area contributed by atoms with E-state index in [1.165, 1.54) is 0 Å². The number of carbonyl (C=O) groups excluding carboxylic acids is 1. The number of pyridine rings is 1. The summed E-state index contributed by atoms with van der Waals surface area (Å²) in [5.41, 5.74) is 0.649. The normalized spacial score (nSPS) is 16.9. The van der Waals surface area contributed by atoms with Crippen molar-refractivity contribution >= 4 is 5.91 Å². The number of hydrogen-bond acceptors (Lipinski definition) is 6. The minimum atomic E-state index is 0.0122. The molecule has 7 nitrogen and oxygen atoms in total. The van der Waals surface area contributed by atoms with E-state index in [1.807, 2.05) is 35.2 Å². The summed E-state index contributed by atoms with van der Waals surface area (Å²) in [6.07, 6.45) is 5.10. The van der Waals surface area contributed by atoms with Crippen LogP contribution in [-0.2, 0) is 6.61 Å². The van der Waals surface area contributed by atoms with E-state index < -0.39 is 0 Å². The number of carbonyl (C=O) groups is 1. The molecule has 7 heteroatoms. The number of nitrogens with zero attached hydrogens (tertiary/aromatic N) is 4. The van der Waals surface area contributed by atoms with Gasteiger partial charge in [-0.1, -0.05) is 23.4 Å². The van der Waals surface area contributed by atoms with E-state index in [-0.39, 0.29) is 18.4 Å². The van der Waals surface area contributed by atoms with Crippen molar-refractivity contribution in [3.05, 3.63) is 72.1 Å². The Morgan fingerprint density at radius 1 is 1.19 bits per heavy atom. The summed E-state index contributed by atoms with van der Waals surface area (Å²) in [5.74, 6) is 1.90. The molecule has 1 atom stereocenters. The Bertz CT molecular complexity index is 883. The van der Waals surface area contributed by atoms with Gasteiger partial charge in [-0.3, -0.25) is 9.78 Å². The smallest absolute Gasteiger partial charge is 0.264 e. The fraction of sp³-hybridized carbons (Fsp3) is 0.300. The van der Waals surface area contributed by atoms with Gasteiger partial charge in [0.25, 0.3) is 11.8 Å². The van der Waals surface area contributed by atoms with E-state index in [4.69, 9.17) is 9.26 Å². The van der Waals surface area contributed by atoms with E-state index in [9.17, 15) is 4.79 Å². The van der Waals surface area contributed by atoms with Crippen molar-refractivity contribution in [3.63, 3.8) is 0 Å². The maximum atomic E-state index is 12.7. The molecule has 1 aliphatic rings. The molecule has 138 valence electrons. The van der Waals surface area contributed by atoms with Crippen molar-refractivity contribution in [2.45, 2.75) is 25.4 Å². The Hall–Kier alpha value is -3.22. The van der Waals surface area contributed by atoms with E-state index in [1.54, 1.807) is 24.5 Å². The van der Waals surface area contributed by atoms with Gasteiger partial charge in [0.2, 0.25) is 0 Å². The molecule has 3 aromatic rings. The highest BCUT2D eigenvalue weighted by Gasteiger charge is 2.28. The third-order valence-corrected chi connectivity index (χ3v) is 4.59. The van der Waals surface area contributed by atoms with Crippen LogP contribution in [0.5, 0.6) is 5.75 Å².